The third-order valence-electron chi connectivity index (χ3n) is 3.48. The Labute approximate surface area is 115 Å². The van der Waals surface area contributed by atoms with E-state index in [2.05, 4.69) is 9.97 Å². The first-order chi connectivity index (χ1) is 9.68. The number of rotatable bonds is 2. The third-order valence-corrected chi connectivity index (χ3v) is 3.48. The highest BCUT2D eigenvalue weighted by atomic mass is 16.2. The van der Waals surface area contributed by atoms with E-state index >= 15 is 0 Å². The molecule has 2 aromatic heterocycles. The van der Waals surface area contributed by atoms with Crippen LogP contribution in [0.1, 0.15) is 29.0 Å². The van der Waals surface area contributed by atoms with Crippen molar-refractivity contribution in [1.82, 2.24) is 14.5 Å². The number of carbonyl (C=O) groups excluding carboxylic acids is 1. The van der Waals surface area contributed by atoms with Crippen LogP contribution in [0.4, 0.5) is 0 Å². The van der Waals surface area contributed by atoms with Crippen LogP contribution in [0.15, 0.2) is 29.3 Å². The molecule has 2 N–H and O–H groups in total. The van der Waals surface area contributed by atoms with Gasteiger partial charge in [-0.3, -0.25) is 19.1 Å². The number of hydrogen-bond donors (Lipinski definition) is 1. The Bertz CT molecular complexity index is 722. The van der Waals surface area contributed by atoms with Gasteiger partial charge in [0.2, 0.25) is 0 Å². The van der Waals surface area contributed by atoms with Crippen LogP contribution in [0, 0.1) is 0 Å². The minimum atomic E-state index is -0.741. The maximum atomic E-state index is 12.5. The van der Waals surface area contributed by atoms with Gasteiger partial charge in [-0.15, -0.1) is 0 Å². The van der Waals surface area contributed by atoms with Crippen molar-refractivity contribution in [2.24, 2.45) is 5.73 Å². The molecule has 1 aliphatic heterocycles. The number of amides is 1. The Morgan fingerprint density at radius 1 is 1.25 bits per heavy atom. The SMILES string of the molecule is NC(=O)c1c(-c2ccncc2)nc2n(c1=O)CCCC2. The average molecular weight is 270 g/mol. The topological polar surface area (TPSA) is 90.9 Å². The number of carbonyl (C=O) groups is 1. The first kappa shape index (κ1) is 12.5. The van der Waals surface area contributed by atoms with Crippen LogP contribution in [-0.4, -0.2) is 20.4 Å². The fourth-order valence-corrected chi connectivity index (χ4v) is 2.51. The fourth-order valence-electron chi connectivity index (χ4n) is 2.51. The van der Waals surface area contributed by atoms with Gasteiger partial charge in [-0.05, 0) is 25.0 Å². The van der Waals surface area contributed by atoms with Gasteiger partial charge in [-0.25, -0.2) is 4.98 Å². The summed E-state index contributed by atoms with van der Waals surface area (Å²) in [5.74, 6) is -0.0201. The molecule has 0 fully saturated rings. The Hall–Kier alpha value is -2.50. The molecule has 0 aromatic carbocycles. The van der Waals surface area contributed by atoms with E-state index in [0.717, 1.165) is 25.1 Å². The molecule has 20 heavy (non-hydrogen) atoms. The highest BCUT2D eigenvalue weighted by molar-refractivity contribution is 5.98. The Morgan fingerprint density at radius 3 is 2.70 bits per heavy atom. The van der Waals surface area contributed by atoms with Gasteiger partial charge in [-0.1, -0.05) is 0 Å². The van der Waals surface area contributed by atoms with Crippen molar-refractivity contribution in [3.63, 3.8) is 0 Å². The van der Waals surface area contributed by atoms with Crippen molar-refractivity contribution in [2.75, 3.05) is 0 Å². The fraction of sp³-hybridized carbons (Fsp3) is 0.286. The Morgan fingerprint density at radius 2 is 2.00 bits per heavy atom. The molecule has 1 aliphatic rings. The molecule has 0 aliphatic carbocycles. The van der Waals surface area contributed by atoms with Crippen molar-refractivity contribution in [3.8, 4) is 11.3 Å². The number of pyridine rings is 1. The lowest BCUT2D eigenvalue weighted by Crippen LogP contribution is -2.35. The van der Waals surface area contributed by atoms with E-state index in [9.17, 15) is 9.59 Å². The monoisotopic (exact) mass is 270 g/mol. The smallest absolute Gasteiger partial charge is 0.267 e. The van der Waals surface area contributed by atoms with E-state index in [0.29, 0.717) is 17.8 Å². The predicted octanol–water partition coefficient (Wildman–Crippen LogP) is 0.740. The molecular formula is C14H14N4O2. The minimum absolute atomic E-state index is 0.0400. The third kappa shape index (κ3) is 1.99. The van der Waals surface area contributed by atoms with Crippen LogP contribution in [0.2, 0.25) is 0 Å². The molecule has 3 rings (SSSR count). The summed E-state index contributed by atoms with van der Waals surface area (Å²) in [7, 11) is 0. The zero-order chi connectivity index (χ0) is 14.1. The van der Waals surface area contributed by atoms with Crippen molar-refractivity contribution in [3.05, 3.63) is 46.3 Å². The van der Waals surface area contributed by atoms with Crippen LogP contribution < -0.4 is 11.3 Å². The van der Waals surface area contributed by atoms with Crippen molar-refractivity contribution >= 4 is 5.91 Å². The van der Waals surface area contributed by atoms with Crippen molar-refractivity contribution < 1.29 is 4.79 Å². The normalized spacial score (nSPS) is 13.8. The molecule has 6 nitrogen and oxygen atoms in total. The molecule has 0 saturated heterocycles. The standard InChI is InChI=1S/C14H14N4O2/c15-13(19)11-12(9-4-6-16-7-5-9)17-10-3-1-2-8-18(10)14(11)20/h4-7H,1-3,8H2,(H2,15,19). The lowest BCUT2D eigenvalue weighted by atomic mass is 10.1. The molecule has 0 spiro atoms. The van der Waals surface area contributed by atoms with E-state index in [1.54, 1.807) is 29.1 Å². The highest BCUT2D eigenvalue weighted by Crippen LogP contribution is 2.21. The molecule has 6 heteroatoms. The molecule has 1 amide bonds. The lowest BCUT2D eigenvalue weighted by molar-refractivity contribution is 0.0998. The molecule has 102 valence electrons. The van der Waals surface area contributed by atoms with Crippen LogP contribution in [0.25, 0.3) is 11.3 Å². The average Bonchev–Trinajstić information content (AvgIpc) is 2.47. The largest absolute Gasteiger partial charge is 0.365 e. The van der Waals surface area contributed by atoms with Gasteiger partial charge < -0.3 is 5.73 Å². The minimum Gasteiger partial charge on any atom is -0.365 e. The van der Waals surface area contributed by atoms with Crippen LogP contribution in [-0.2, 0) is 13.0 Å². The number of nitrogens with zero attached hydrogens (tertiary/aromatic N) is 3. The van der Waals surface area contributed by atoms with Gasteiger partial charge in [0, 0.05) is 30.9 Å². The van der Waals surface area contributed by atoms with Crippen molar-refractivity contribution in [1.29, 1.82) is 0 Å². The zero-order valence-electron chi connectivity index (χ0n) is 10.9. The summed E-state index contributed by atoms with van der Waals surface area (Å²) in [6, 6.07) is 3.43. The van der Waals surface area contributed by atoms with Gasteiger partial charge in [0.05, 0.1) is 5.69 Å². The number of primary amides is 1. The maximum absolute atomic E-state index is 12.5. The van der Waals surface area contributed by atoms with E-state index in [4.69, 9.17) is 5.73 Å². The lowest BCUT2D eigenvalue weighted by Gasteiger charge is -2.19. The predicted molar refractivity (Wildman–Crippen MR) is 73.2 cm³/mol. The summed E-state index contributed by atoms with van der Waals surface area (Å²) in [6.45, 7) is 0.595. The summed E-state index contributed by atoms with van der Waals surface area (Å²) in [5, 5.41) is 0. The zero-order valence-corrected chi connectivity index (χ0v) is 10.9. The van der Waals surface area contributed by atoms with Gasteiger partial charge in [-0.2, -0.15) is 0 Å². The number of fused-ring (bicyclic) bond motifs is 1. The molecule has 0 unspecified atom stereocenters. The number of aryl methyl sites for hydroxylation is 1. The number of nitrogens with two attached hydrogens (primary N) is 1. The molecule has 2 aromatic rings. The summed E-state index contributed by atoms with van der Waals surface area (Å²) in [5.41, 5.74) is 6.04. The molecule has 0 radical (unpaired) electrons. The maximum Gasteiger partial charge on any atom is 0.267 e. The van der Waals surface area contributed by atoms with E-state index in [1.807, 2.05) is 0 Å². The van der Waals surface area contributed by atoms with E-state index in [1.165, 1.54) is 0 Å². The first-order valence-corrected chi connectivity index (χ1v) is 6.52. The first-order valence-electron chi connectivity index (χ1n) is 6.52. The number of aromatic nitrogens is 3. The Kier molecular flexibility index (Phi) is 3.06. The summed E-state index contributed by atoms with van der Waals surface area (Å²) in [6.07, 6.45) is 5.85. The second kappa shape index (κ2) is 4.88. The summed E-state index contributed by atoms with van der Waals surface area (Å²) < 4.78 is 1.56. The quantitative estimate of drug-likeness (QED) is 0.871. The molecular weight excluding hydrogens is 256 g/mol. The second-order valence-corrected chi connectivity index (χ2v) is 4.77. The highest BCUT2D eigenvalue weighted by Gasteiger charge is 2.22. The van der Waals surface area contributed by atoms with E-state index in [-0.39, 0.29) is 11.1 Å². The van der Waals surface area contributed by atoms with Crippen LogP contribution in [0.3, 0.4) is 0 Å². The molecule has 0 saturated carbocycles. The van der Waals surface area contributed by atoms with Crippen LogP contribution in [0.5, 0.6) is 0 Å². The molecule has 3 heterocycles. The van der Waals surface area contributed by atoms with Gasteiger partial charge in [0.15, 0.2) is 0 Å². The molecule has 0 bridgehead atoms. The number of hydrogen-bond acceptors (Lipinski definition) is 4. The summed E-state index contributed by atoms with van der Waals surface area (Å²) >= 11 is 0. The second-order valence-electron chi connectivity index (χ2n) is 4.77. The van der Waals surface area contributed by atoms with Gasteiger partial charge in [0.25, 0.3) is 11.5 Å². The Balaban J connectivity index is 2.31. The summed E-state index contributed by atoms with van der Waals surface area (Å²) in [4.78, 5) is 32.5. The van der Waals surface area contributed by atoms with Gasteiger partial charge >= 0.3 is 0 Å². The van der Waals surface area contributed by atoms with E-state index < -0.39 is 5.91 Å². The van der Waals surface area contributed by atoms with Crippen molar-refractivity contribution in [2.45, 2.75) is 25.8 Å². The molecule has 0 atom stereocenters. The van der Waals surface area contributed by atoms with Gasteiger partial charge in [0.1, 0.15) is 11.4 Å². The van der Waals surface area contributed by atoms with Crippen LogP contribution >= 0.6 is 0 Å².